The van der Waals surface area contributed by atoms with Crippen LogP contribution in [-0.4, -0.2) is 10.9 Å². The van der Waals surface area contributed by atoms with Gasteiger partial charge in [-0.2, -0.15) is 0 Å². The second kappa shape index (κ2) is 7.06. The number of hydrogen-bond acceptors (Lipinski definition) is 3. The highest BCUT2D eigenvalue weighted by Crippen LogP contribution is 2.32. The Hall–Kier alpha value is -1.98. The lowest BCUT2D eigenvalue weighted by Gasteiger charge is -2.01. The maximum atomic E-state index is 12.3. The fourth-order valence-corrected chi connectivity index (χ4v) is 3.42. The topological polar surface area (TPSA) is 42.0 Å². The van der Waals surface area contributed by atoms with Crippen LogP contribution in [-0.2, 0) is 6.42 Å². The standard InChI is InChI=1S/C18H15BrN2OS/c1-2-15-16(12-8-10-14(19)11-9-12)20-18(23-15)21-17(22)13-6-4-3-5-7-13/h3-11H,2H2,1H3,(H,20,21,22). The van der Waals surface area contributed by atoms with Crippen LogP contribution in [0.25, 0.3) is 11.3 Å². The van der Waals surface area contributed by atoms with E-state index < -0.39 is 0 Å². The second-order valence-electron chi connectivity index (χ2n) is 4.97. The van der Waals surface area contributed by atoms with Gasteiger partial charge in [-0.15, -0.1) is 11.3 Å². The molecule has 0 aliphatic rings. The molecule has 0 spiro atoms. The van der Waals surface area contributed by atoms with E-state index in [0.717, 1.165) is 27.0 Å². The summed E-state index contributed by atoms with van der Waals surface area (Å²) in [4.78, 5) is 18.0. The maximum Gasteiger partial charge on any atom is 0.257 e. The predicted molar refractivity (Wildman–Crippen MR) is 99.0 cm³/mol. The van der Waals surface area contributed by atoms with Crippen LogP contribution in [0.1, 0.15) is 22.2 Å². The Morgan fingerprint density at radius 1 is 1.13 bits per heavy atom. The monoisotopic (exact) mass is 386 g/mol. The smallest absolute Gasteiger partial charge is 0.257 e. The van der Waals surface area contributed by atoms with Gasteiger partial charge >= 0.3 is 0 Å². The van der Waals surface area contributed by atoms with Crippen LogP contribution >= 0.6 is 27.3 Å². The number of carbonyl (C=O) groups excluding carboxylic acids is 1. The molecule has 23 heavy (non-hydrogen) atoms. The molecule has 5 heteroatoms. The number of anilines is 1. The number of nitrogens with zero attached hydrogens (tertiary/aromatic N) is 1. The highest BCUT2D eigenvalue weighted by atomic mass is 79.9. The highest BCUT2D eigenvalue weighted by molar-refractivity contribution is 9.10. The first-order chi connectivity index (χ1) is 11.2. The Kier molecular flexibility index (Phi) is 4.88. The van der Waals surface area contributed by atoms with E-state index in [4.69, 9.17) is 0 Å². The van der Waals surface area contributed by atoms with Crippen molar-refractivity contribution in [1.82, 2.24) is 4.98 Å². The lowest BCUT2D eigenvalue weighted by molar-refractivity contribution is 0.102. The molecule has 0 saturated heterocycles. The molecule has 1 N–H and O–H groups in total. The molecule has 3 nitrogen and oxygen atoms in total. The number of hydrogen-bond donors (Lipinski definition) is 1. The summed E-state index contributed by atoms with van der Waals surface area (Å²) in [5.74, 6) is -0.135. The first kappa shape index (κ1) is 15.9. The number of amides is 1. The Labute approximate surface area is 147 Å². The average molecular weight is 387 g/mol. The molecule has 0 saturated carbocycles. The minimum absolute atomic E-state index is 0.135. The number of aryl methyl sites for hydroxylation is 1. The van der Waals surface area contributed by atoms with Gasteiger partial charge < -0.3 is 0 Å². The number of thiazole rings is 1. The third kappa shape index (κ3) is 3.68. The van der Waals surface area contributed by atoms with Gasteiger partial charge in [0.2, 0.25) is 0 Å². The van der Waals surface area contributed by atoms with Gasteiger partial charge in [0.15, 0.2) is 5.13 Å². The number of rotatable bonds is 4. The van der Waals surface area contributed by atoms with Crippen molar-refractivity contribution >= 4 is 38.3 Å². The zero-order valence-corrected chi connectivity index (χ0v) is 14.9. The number of aromatic nitrogens is 1. The number of nitrogens with one attached hydrogen (secondary N) is 1. The van der Waals surface area contributed by atoms with Crippen molar-refractivity contribution in [3.05, 3.63) is 69.5 Å². The van der Waals surface area contributed by atoms with Crippen LogP contribution < -0.4 is 5.32 Å². The number of carbonyl (C=O) groups is 1. The molecule has 0 radical (unpaired) electrons. The zero-order chi connectivity index (χ0) is 16.2. The summed E-state index contributed by atoms with van der Waals surface area (Å²) in [7, 11) is 0. The van der Waals surface area contributed by atoms with E-state index in [2.05, 4.69) is 33.2 Å². The van der Waals surface area contributed by atoms with Crippen LogP contribution in [0.5, 0.6) is 0 Å². The van der Waals surface area contributed by atoms with Crippen molar-refractivity contribution in [2.75, 3.05) is 5.32 Å². The van der Waals surface area contributed by atoms with Gasteiger partial charge in [0.1, 0.15) is 0 Å². The van der Waals surface area contributed by atoms with Crippen LogP contribution in [0.2, 0.25) is 0 Å². The Balaban J connectivity index is 1.87. The van der Waals surface area contributed by atoms with Gasteiger partial charge in [-0.3, -0.25) is 10.1 Å². The SMILES string of the molecule is CCc1sc(NC(=O)c2ccccc2)nc1-c1ccc(Br)cc1. The average Bonchev–Trinajstić information content (AvgIpc) is 2.99. The molecule has 0 atom stereocenters. The summed E-state index contributed by atoms with van der Waals surface area (Å²) in [5, 5.41) is 3.53. The normalized spacial score (nSPS) is 10.5. The summed E-state index contributed by atoms with van der Waals surface area (Å²) in [6.07, 6.45) is 0.879. The molecule has 0 fully saturated rings. The van der Waals surface area contributed by atoms with Crippen molar-refractivity contribution in [1.29, 1.82) is 0 Å². The lowest BCUT2D eigenvalue weighted by atomic mass is 10.1. The third-order valence-electron chi connectivity index (χ3n) is 3.39. The molecule has 3 rings (SSSR count). The minimum Gasteiger partial charge on any atom is -0.298 e. The van der Waals surface area contributed by atoms with E-state index >= 15 is 0 Å². The van der Waals surface area contributed by atoms with Crippen molar-refractivity contribution in [3.63, 3.8) is 0 Å². The van der Waals surface area contributed by atoms with Gasteiger partial charge in [0, 0.05) is 20.5 Å². The summed E-state index contributed by atoms with van der Waals surface area (Å²) < 4.78 is 1.03. The molecule has 0 aliphatic carbocycles. The van der Waals surface area contributed by atoms with E-state index in [1.807, 2.05) is 42.5 Å². The maximum absolute atomic E-state index is 12.3. The molecule has 0 bridgehead atoms. The molecule has 0 unspecified atom stereocenters. The third-order valence-corrected chi connectivity index (χ3v) is 5.04. The minimum atomic E-state index is -0.135. The van der Waals surface area contributed by atoms with Crippen LogP contribution in [0.3, 0.4) is 0 Å². The molecule has 1 aromatic heterocycles. The van der Waals surface area contributed by atoms with E-state index in [1.165, 1.54) is 11.3 Å². The summed E-state index contributed by atoms with van der Waals surface area (Å²) in [6, 6.07) is 17.2. The van der Waals surface area contributed by atoms with Gasteiger partial charge in [-0.1, -0.05) is 53.2 Å². The molecule has 1 heterocycles. The Bertz CT molecular complexity index is 813. The van der Waals surface area contributed by atoms with Crippen molar-refractivity contribution in [2.24, 2.45) is 0 Å². The lowest BCUT2D eigenvalue weighted by Crippen LogP contribution is -2.11. The molecule has 3 aromatic rings. The first-order valence-corrected chi connectivity index (χ1v) is 8.90. The predicted octanol–water partition coefficient (Wildman–Crippen LogP) is 5.39. The van der Waals surface area contributed by atoms with E-state index in [9.17, 15) is 4.79 Å². The van der Waals surface area contributed by atoms with Gasteiger partial charge in [-0.25, -0.2) is 4.98 Å². The van der Waals surface area contributed by atoms with Crippen molar-refractivity contribution in [3.8, 4) is 11.3 Å². The summed E-state index contributed by atoms with van der Waals surface area (Å²) >= 11 is 4.97. The fourth-order valence-electron chi connectivity index (χ4n) is 2.24. The van der Waals surface area contributed by atoms with Crippen LogP contribution in [0.15, 0.2) is 59.1 Å². The number of halogens is 1. The molecule has 0 aliphatic heterocycles. The molecular formula is C18H15BrN2OS. The molecule has 116 valence electrons. The van der Waals surface area contributed by atoms with Crippen molar-refractivity contribution in [2.45, 2.75) is 13.3 Å². The fraction of sp³-hybridized carbons (Fsp3) is 0.111. The van der Waals surface area contributed by atoms with E-state index in [0.29, 0.717) is 10.7 Å². The second-order valence-corrected chi connectivity index (χ2v) is 6.97. The largest absolute Gasteiger partial charge is 0.298 e. The zero-order valence-electron chi connectivity index (χ0n) is 12.5. The van der Waals surface area contributed by atoms with Crippen LogP contribution in [0.4, 0.5) is 5.13 Å². The quantitative estimate of drug-likeness (QED) is 0.653. The summed E-state index contributed by atoms with van der Waals surface area (Å²) in [5.41, 5.74) is 2.63. The molecular weight excluding hydrogens is 372 g/mol. The van der Waals surface area contributed by atoms with Crippen molar-refractivity contribution < 1.29 is 4.79 Å². The van der Waals surface area contributed by atoms with Crippen LogP contribution in [0, 0.1) is 0 Å². The first-order valence-electron chi connectivity index (χ1n) is 7.29. The van der Waals surface area contributed by atoms with E-state index in [1.54, 1.807) is 12.1 Å². The van der Waals surface area contributed by atoms with Gasteiger partial charge in [0.05, 0.1) is 5.69 Å². The summed E-state index contributed by atoms with van der Waals surface area (Å²) in [6.45, 7) is 2.10. The Morgan fingerprint density at radius 3 is 2.48 bits per heavy atom. The molecule has 2 aromatic carbocycles. The number of benzene rings is 2. The van der Waals surface area contributed by atoms with Gasteiger partial charge in [-0.05, 0) is 30.7 Å². The molecule has 1 amide bonds. The van der Waals surface area contributed by atoms with Gasteiger partial charge in [0.25, 0.3) is 5.91 Å². The highest BCUT2D eigenvalue weighted by Gasteiger charge is 2.14. The Morgan fingerprint density at radius 2 is 1.83 bits per heavy atom. The van der Waals surface area contributed by atoms with E-state index in [-0.39, 0.29) is 5.91 Å².